The Kier molecular flexibility index (Phi) is 6.15. The maximum Gasteiger partial charge on any atom is 0.253 e. The van der Waals surface area contributed by atoms with Crippen molar-refractivity contribution in [2.75, 3.05) is 18.1 Å². The van der Waals surface area contributed by atoms with Crippen molar-refractivity contribution < 1.29 is 33.2 Å². The van der Waals surface area contributed by atoms with Crippen molar-refractivity contribution in [1.29, 1.82) is 0 Å². The van der Waals surface area contributed by atoms with Crippen molar-refractivity contribution in [1.82, 2.24) is 0 Å². The number of fused-ring (bicyclic) bond motifs is 1. The van der Waals surface area contributed by atoms with Crippen LogP contribution in [-0.2, 0) is 33.2 Å². The van der Waals surface area contributed by atoms with Crippen molar-refractivity contribution in [2.45, 2.75) is 89.9 Å². The third-order valence-corrected chi connectivity index (χ3v) is 5.64. The molecule has 4 rings (SSSR count). The normalized spacial score (nSPS) is 33.6. The highest BCUT2D eigenvalue weighted by molar-refractivity contribution is 5.94. The van der Waals surface area contributed by atoms with E-state index in [2.05, 4.69) is 0 Å². The highest BCUT2D eigenvalue weighted by Crippen LogP contribution is 2.42. The lowest BCUT2D eigenvalue weighted by atomic mass is 10.1. The zero-order valence-corrected chi connectivity index (χ0v) is 19.1. The van der Waals surface area contributed by atoms with Gasteiger partial charge in [0.05, 0.1) is 6.61 Å². The van der Waals surface area contributed by atoms with Gasteiger partial charge in [-0.3, -0.25) is 4.79 Å². The van der Waals surface area contributed by atoms with Gasteiger partial charge in [-0.1, -0.05) is 18.2 Å². The Morgan fingerprint density at radius 2 is 1.77 bits per heavy atom. The van der Waals surface area contributed by atoms with Gasteiger partial charge in [0.1, 0.15) is 31.0 Å². The number of rotatable bonds is 6. The highest BCUT2D eigenvalue weighted by atomic mass is 16.8. The molecular formula is C23H33NO7. The summed E-state index contributed by atoms with van der Waals surface area (Å²) < 4.78 is 36.0. The lowest BCUT2D eigenvalue weighted by molar-refractivity contribution is -0.235. The molecule has 1 aromatic carbocycles. The number of carbonyl (C=O) groups is 1. The number of anilines is 1. The Labute approximate surface area is 183 Å². The van der Waals surface area contributed by atoms with Crippen LogP contribution < -0.4 is 4.90 Å². The lowest BCUT2D eigenvalue weighted by Crippen LogP contribution is -2.46. The van der Waals surface area contributed by atoms with Crippen LogP contribution >= 0.6 is 0 Å². The fraction of sp³-hybridized carbons (Fsp3) is 0.696. The summed E-state index contributed by atoms with van der Waals surface area (Å²) in [5.41, 5.74) is 0.832. The van der Waals surface area contributed by atoms with Crippen molar-refractivity contribution in [3.63, 3.8) is 0 Å². The zero-order valence-electron chi connectivity index (χ0n) is 19.1. The molecule has 0 aromatic heterocycles. The monoisotopic (exact) mass is 435 g/mol. The van der Waals surface area contributed by atoms with Crippen LogP contribution in [0.2, 0.25) is 0 Å². The van der Waals surface area contributed by atoms with Crippen LogP contribution in [0.5, 0.6) is 0 Å². The number of amides is 1. The summed E-state index contributed by atoms with van der Waals surface area (Å²) >= 11 is 0. The van der Waals surface area contributed by atoms with E-state index in [0.29, 0.717) is 6.61 Å². The number of para-hydroxylation sites is 1. The number of carbonyl (C=O) groups excluding carboxylic acids is 1. The van der Waals surface area contributed by atoms with Crippen molar-refractivity contribution in [2.24, 2.45) is 0 Å². The van der Waals surface area contributed by atoms with E-state index in [4.69, 9.17) is 28.4 Å². The molecular weight excluding hydrogens is 402 g/mol. The molecule has 1 aromatic rings. The van der Waals surface area contributed by atoms with Crippen LogP contribution in [-0.4, -0.2) is 67.4 Å². The summed E-state index contributed by atoms with van der Waals surface area (Å²) in [7, 11) is 0. The van der Waals surface area contributed by atoms with E-state index in [0.717, 1.165) is 5.69 Å². The van der Waals surface area contributed by atoms with Gasteiger partial charge in [-0.25, -0.2) is 0 Å². The van der Waals surface area contributed by atoms with Crippen LogP contribution in [0, 0.1) is 0 Å². The first-order chi connectivity index (χ1) is 14.6. The maximum absolute atomic E-state index is 13.1. The molecule has 5 atom stereocenters. The number of benzene rings is 1. The van der Waals surface area contributed by atoms with Gasteiger partial charge in [-0.05, 0) is 53.7 Å². The van der Waals surface area contributed by atoms with E-state index in [-0.39, 0.29) is 24.7 Å². The standard InChI is InChI=1S/C23H33NO7/c1-14(2)24(15-10-8-7-9-11-15)17(25)13-26-19-18(16-12-27-22(3,4)29-16)28-21-20(19)30-23(5,6)31-21/h7-11,14,16,18-21H,12-13H2,1-6H3/t16?,18-,19+,20-,21-/m1/s1. The third-order valence-electron chi connectivity index (χ3n) is 5.64. The van der Waals surface area contributed by atoms with E-state index in [1.165, 1.54) is 0 Å². The fourth-order valence-electron chi connectivity index (χ4n) is 4.43. The maximum atomic E-state index is 13.1. The SMILES string of the molecule is CC(C)N(C(=O)CO[C@@H]1[C@H]2OC(C)(C)O[C@H]2O[C@@H]1C1COC(C)(C)O1)c1ccccc1. The van der Waals surface area contributed by atoms with E-state index in [1.807, 2.05) is 71.9 Å². The molecule has 8 nitrogen and oxygen atoms in total. The molecule has 0 spiro atoms. The summed E-state index contributed by atoms with van der Waals surface area (Å²) in [6, 6.07) is 9.56. The summed E-state index contributed by atoms with van der Waals surface area (Å²) in [6.07, 6.45) is -2.37. The molecule has 172 valence electrons. The molecule has 3 aliphatic rings. The number of ether oxygens (including phenoxy) is 6. The van der Waals surface area contributed by atoms with Crippen molar-refractivity contribution in [3.8, 4) is 0 Å². The molecule has 3 fully saturated rings. The van der Waals surface area contributed by atoms with Gasteiger partial charge in [-0.15, -0.1) is 0 Å². The Balaban J connectivity index is 1.49. The largest absolute Gasteiger partial charge is 0.363 e. The Hall–Kier alpha value is -1.55. The van der Waals surface area contributed by atoms with Gasteiger partial charge >= 0.3 is 0 Å². The molecule has 1 unspecified atom stereocenters. The Bertz CT molecular complexity index is 781. The first-order valence-electron chi connectivity index (χ1n) is 10.9. The minimum absolute atomic E-state index is 0.0146. The second-order valence-electron chi connectivity index (χ2n) is 9.41. The molecule has 1 amide bonds. The lowest BCUT2D eigenvalue weighted by Gasteiger charge is -2.30. The van der Waals surface area contributed by atoms with Crippen LogP contribution in [0.25, 0.3) is 0 Å². The average Bonchev–Trinajstić information content (AvgIpc) is 3.29. The molecule has 8 heteroatoms. The number of hydrogen-bond acceptors (Lipinski definition) is 7. The molecule has 3 heterocycles. The van der Waals surface area contributed by atoms with Crippen LogP contribution in [0.4, 0.5) is 5.69 Å². The Morgan fingerprint density at radius 1 is 1.06 bits per heavy atom. The Morgan fingerprint density at radius 3 is 2.39 bits per heavy atom. The summed E-state index contributed by atoms with van der Waals surface area (Å²) in [5.74, 6) is -1.62. The second-order valence-corrected chi connectivity index (χ2v) is 9.41. The van der Waals surface area contributed by atoms with Crippen LogP contribution in [0.3, 0.4) is 0 Å². The second kappa shape index (κ2) is 8.42. The van der Waals surface area contributed by atoms with Gasteiger partial charge in [0, 0.05) is 11.7 Å². The van der Waals surface area contributed by atoms with E-state index in [1.54, 1.807) is 4.90 Å². The molecule has 0 radical (unpaired) electrons. The van der Waals surface area contributed by atoms with Crippen LogP contribution in [0.1, 0.15) is 41.5 Å². The van der Waals surface area contributed by atoms with E-state index in [9.17, 15) is 4.79 Å². The number of nitrogens with zero attached hydrogens (tertiary/aromatic N) is 1. The smallest absolute Gasteiger partial charge is 0.253 e. The van der Waals surface area contributed by atoms with Crippen LogP contribution in [0.15, 0.2) is 30.3 Å². The van der Waals surface area contributed by atoms with Crippen molar-refractivity contribution >= 4 is 11.6 Å². The summed E-state index contributed by atoms with van der Waals surface area (Å²) in [4.78, 5) is 14.9. The van der Waals surface area contributed by atoms with Gasteiger partial charge in [0.15, 0.2) is 17.9 Å². The van der Waals surface area contributed by atoms with Crippen molar-refractivity contribution in [3.05, 3.63) is 30.3 Å². The van der Waals surface area contributed by atoms with E-state index >= 15 is 0 Å². The molecule has 3 aliphatic heterocycles. The fourth-order valence-corrected chi connectivity index (χ4v) is 4.43. The van der Waals surface area contributed by atoms with Gasteiger partial charge in [0.25, 0.3) is 5.91 Å². The van der Waals surface area contributed by atoms with E-state index < -0.39 is 36.2 Å². The first kappa shape index (κ1) is 22.6. The topological polar surface area (TPSA) is 75.7 Å². The predicted molar refractivity (Wildman–Crippen MR) is 112 cm³/mol. The molecule has 0 aliphatic carbocycles. The highest BCUT2D eigenvalue weighted by Gasteiger charge is 2.59. The average molecular weight is 436 g/mol. The molecule has 0 bridgehead atoms. The minimum atomic E-state index is -0.785. The van der Waals surface area contributed by atoms with Gasteiger partial charge in [0.2, 0.25) is 0 Å². The van der Waals surface area contributed by atoms with Gasteiger partial charge < -0.3 is 33.3 Å². The zero-order chi connectivity index (χ0) is 22.4. The quantitative estimate of drug-likeness (QED) is 0.680. The molecule has 0 N–H and O–H groups in total. The molecule has 3 saturated heterocycles. The predicted octanol–water partition coefficient (Wildman–Crippen LogP) is 2.84. The minimum Gasteiger partial charge on any atom is -0.363 e. The van der Waals surface area contributed by atoms with Gasteiger partial charge in [-0.2, -0.15) is 0 Å². The summed E-state index contributed by atoms with van der Waals surface area (Å²) in [5, 5.41) is 0. The molecule has 0 saturated carbocycles. The third kappa shape index (κ3) is 4.79. The number of hydrogen-bond donors (Lipinski definition) is 0. The molecule has 31 heavy (non-hydrogen) atoms. The first-order valence-corrected chi connectivity index (χ1v) is 10.9. The summed E-state index contributed by atoms with van der Waals surface area (Å²) in [6.45, 7) is 11.6.